The molecule has 2 unspecified atom stereocenters. The van der Waals surface area contributed by atoms with Crippen LogP contribution >= 0.6 is 0 Å². The Morgan fingerprint density at radius 1 is 1.25 bits per heavy atom. The molecule has 0 spiro atoms. The first-order chi connectivity index (χ1) is 9.58. The molecule has 2 aliphatic rings. The Kier molecular flexibility index (Phi) is 3.16. The highest BCUT2D eigenvalue weighted by molar-refractivity contribution is 5.97. The minimum atomic E-state index is -0.417. The van der Waals surface area contributed by atoms with Gasteiger partial charge in [0.25, 0.3) is 0 Å². The minimum Gasteiger partial charge on any atom is -0.329 e. The van der Waals surface area contributed by atoms with Crippen molar-refractivity contribution in [3.8, 4) is 0 Å². The van der Waals surface area contributed by atoms with Gasteiger partial charge in [-0.1, -0.05) is 0 Å². The highest BCUT2D eigenvalue weighted by Crippen LogP contribution is 2.27. The molecule has 106 valence electrons. The van der Waals surface area contributed by atoms with Crippen molar-refractivity contribution in [2.75, 3.05) is 6.54 Å². The minimum absolute atomic E-state index is 0.0389. The summed E-state index contributed by atoms with van der Waals surface area (Å²) in [5, 5.41) is 0. The number of aromatic nitrogens is 2. The zero-order chi connectivity index (χ0) is 14.3. The Morgan fingerprint density at radius 3 is 2.75 bits per heavy atom. The van der Waals surface area contributed by atoms with E-state index >= 15 is 0 Å². The fourth-order valence-electron chi connectivity index (χ4n) is 2.93. The molecular formula is C14H18N4O2. The maximum Gasteiger partial charge on any atom is 0.246 e. The van der Waals surface area contributed by atoms with E-state index in [1.54, 1.807) is 29.1 Å². The fourth-order valence-corrected chi connectivity index (χ4v) is 2.93. The van der Waals surface area contributed by atoms with Crippen LogP contribution in [0.15, 0.2) is 12.4 Å². The Balaban J connectivity index is 1.82. The molecule has 0 aromatic carbocycles. The summed E-state index contributed by atoms with van der Waals surface area (Å²) in [5.41, 5.74) is 1.56. The van der Waals surface area contributed by atoms with Gasteiger partial charge in [0, 0.05) is 12.7 Å². The zero-order valence-corrected chi connectivity index (χ0v) is 11.7. The molecule has 3 rings (SSSR count). The standard InChI is InChI=1S/C14H18N4O2/c1-9-6-16-11(7-15-9)8-18-10(2)13(19)17-5-3-4-12(17)14(18)20/h6-7,10,12H,3-5,8H2,1-2H3. The first-order valence-electron chi connectivity index (χ1n) is 6.96. The van der Waals surface area contributed by atoms with E-state index in [0.29, 0.717) is 13.1 Å². The van der Waals surface area contributed by atoms with Crippen LogP contribution in [0.5, 0.6) is 0 Å². The van der Waals surface area contributed by atoms with Gasteiger partial charge >= 0.3 is 0 Å². The lowest BCUT2D eigenvalue weighted by Gasteiger charge is -2.40. The Morgan fingerprint density at radius 2 is 2.05 bits per heavy atom. The van der Waals surface area contributed by atoms with Gasteiger partial charge < -0.3 is 9.80 Å². The van der Waals surface area contributed by atoms with E-state index < -0.39 is 6.04 Å². The zero-order valence-electron chi connectivity index (χ0n) is 11.7. The highest BCUT2D eigenvalue weighted by Gasteiger charge is 2.45. The monoisotopic (exact) mass is 274 g/mol. The number of amides is 2. The van der Waals surface area contributed by atoms with Crippen LogP contribution in [-0.2, 0) is 16.1 Å². The summed E-state index contributed by atoms with van der Waals surface area (Å²) in [4.78, 5) is 36.6. The Hall–Kier alpha value is -1.98. The van der Waals surface area contributed by atoms with Crippen molar-refractivity contribution in [2.24, 2.45) is 0 Å². The summed E-state index contributed by atoms with van der Waals surface area (Å²) in [7, 11) is 0. The normalized spacial score (nSPS) is 26.1. The third-order valence-electron chi connectivity index (χ3n) is 4.10. The predicted molar refractivity (Wildman–Crippen MR) is 71.5 cm³/mol. The lowest BCUT2D eigenvalue weighted by atomic mass is 10.1. The molecule has 3 heterocycles. The van der Waals surface area contributed by atoms with Gasteiger partial charge in [-0.15, -0.1) is 0 Å². The predicted octanol–water partition coefficient (Wildman–Crippen LogP) is 0.507. The number of aryl methyl sites for hydroxylation is 1. The number of fused-ring (bicyclic) bond motifs is 1. The lowest BCUT2D eigenvalue weighted by Crippen LogP contribution is -2.61. The van der Waals surface area contributed by atoms with Gasteiger partial charge in [-0.25, -0.2) is 0 Å². The summed E-state index contributed by atoms with van der Waals surface area (Å²) in [6.07, 6.45) is 5.03. The van der Waals surface area contributed by atoms with Gasteiger partial charge in [0.15, 0.2) is 0 Å². The summed E-state index contributed by atoms with van der Waals surface area (Å²) < 4.78 is 0. The number of carbonyl (C=O) groups is 2. The summed E-state index contributed by atoms with van der Waals surface area (Å²) in [6.45, 7) is 4.71. The van der Waals surface area contributed by atoms with E-state index in [1.165, 1.54) is 0 Å². The Bertz CT molecular complexity index is 543. The second-order valence-corrected chi connectivity index (χ2v) is 5.48. The van der Waals surface area contributed by atoms with Crippen LogP contribution in [0.2, 0.25) is 0 Å². The SMILES string of the molecule is Cc1cnc(CN2C(=O)C3CCCN3C(=O)C2C)cn1. The van der Waals surface area contributed by atoms with Crippen molar-refractivity contribution in [3.63, 3.8) is 0 Å². The van der Waals surface area contributed by atoms with Crippen molar-refractivity contribution in [2.45, 2.75) is 45.3 Å². The second kappa shape index (κ2) is 4.85. The summed E-state index contributed by atoms with van der Waals surface area (Å²) >= 11 is 0. The number of hydrogen-bond acceptors (Lipinski definition) is 4. The average Bonchev–Trinajstić information content (AvgIpc) is 2.93. The van der Waals surface area contributed by atoms with E-state index in [1.807, 2.05) is 6.92 Å². The molecule has 1 aromatic heterocycles. The third kappa shape index (κ3) is 2.05. The first kappa shape index (κ1) is 13.0. The molecule has 6 heteroatoms. The Labute approximate surface area is 117 Å². The average molecular weight is 274 g/mol. The quantitative estimate of drug-likeness (QED) is 0.788. The van der Waals surface area contributed by atoms with Gasteiger partial charge in [-0.05, 0) is 26.7 Å². The van der Waals surface area contributed by atoms with Gasteiger partial charge in [0.05, 0.1) is 24.1 Å². The lowest BCUT2D eigenvalue weighted by molar-refractivity contribution is -0.159. The number of piperazine rings is 1. The molecule has 0 saturated carbocycles. The number of carbonyl (C=O) groups excluding carboxylic acids is 2. The molecule has 1 aromatic rings. The molecule has 0 radical (unpaired) electrons. The molecule has 2 fully saturated rings. The van der Waals surface area contributed by atoms with E-state index in [-0.39, 0.29) is 17.9 Å². The van der Waals surface area contributed by atoms with Crippen molar-refractivity contribution in [3.05, 3.63) is 23.8 Å². The molecule has 0 aliphatic carbocycles. The molecular weight excluding hydrogens is 256 g/mol. The number of nitrogens with zero attached hydrogens (tertiary/aromatic N) is 4. The van der Waals surface area contributed by atoms with Crippen LogP contribution in [0.1, 0.15) is 31.2 Å². The van der Waals surface area contributed by atoms with Gasteiger partial charge in [-0.3, -0.25) is 19.6 Å². The van der Waals surface area contributed by atoms with Crippen molar-refractivity contribution < 1.29 is 9.59 Å². The van der Waals surface area contributed by atoms with Gasteiger partial charge in [0.2, 0.25) is 11.8 Å². The molecule has 2 aliphatic heterocycles. The van der Waals surface area contributed by atoms with Crippen molar-refractivity contribution in [1.82, 2.24) is 19.8 Å². The summed E-state index contributed by atoms with van der Waals surface area (Å²) in [5.74, 6) is 0.0872. The van der Waals surface area contributed by atoms with Crippen LogP contribution in [0, 0.1) is 6.92 Å². The topological polar surface area (TPSA) is 66.4 Å². The molecule has 0 N–H and O–H groups in total. The van der Waals surface area contributed by atoms with E-state index in [0.717, 1.165) is 24.2 Å². The van der Waals surface area contributed by atoms with E-state index in [9.17, 15) is 9.59 Å². The van der Waals surface area contributed by atoms with Crippen LogP contribution < -0.4 is 0 Å². The molecule has 6 nitrogen and oxygen atoms in total. The van der Waals surface area contributed by atoms with Crippen molar-refractivity contribution in [1.29, 1.82) is 0 Å². The third-order valence-corrected chi connectivity index (χ3v) is 4.10. The number of rotatable bonds is 2. The van der Waals surface area contributed by atoms with Crippen LogP contribution in [0.3, 0.4) is 0 Å². The van der Waals surface area contributed by atoms with Crippen LogP contribution in [-0.4, -0.2) is 50.2 Å². The highest BCUT2D eigenvalue weighted by atomic mass is 16.2. The van der Waals surface area contributed by atoms with Crippen molar-refractivity contribution >= 4 is 11.8 Å². The van der Waals surface area contributed by atoms with E-state index in [4.69, 9.17) is 0 Å². The summed E-state index contributed by atoms with van der Waals surface area (Å²) in [6, 6.07) is -0.683. The van der Waals surface area contributed by atoms with Crippen LogP contribution in [0.4, 0.5) is 0 Å². The van der Waals surface area contributed by atoms with Gasteiger partial charge in [0.1, 0.15) is 12.1 Å². The molecule has 2 atom stereocenters. The van der Waals surface area contributed by atoms with Gasteiger partial charge in [-0.2, -0.15) is 0 Å². The number of hydrogen-bond donors (Lipinski definition) is 0. The maximum atomic E-state index is 12.5. The van der Waals surface area contributed by atoms with E-state index in [2.05, 4.69) is 9.97 Å². The molecule has 0 bridgehead atoms. The fraction of sp³-hybridized carbons (Fsp3) is 0.571. The second-order valence-electron chi connectivity index (χ2n) is 5.48. The molecule has 2 amide bonds. The van der Waals surface area contributed by atoms with Crippen LogP contribution in [0.25, 0.3) is 0 Å². The first-order valence-corrected chi connectivity index (χ1v) is 6.96. The maximum absolute atomic E-state index is 12.5. The molecule has 20 heavy (non-hydrogen) atoms. The largest absolute Gasteiger partial charge is 0.329 e. The smallest absolute Gasteiger partial charge is 0.246 e. The molecule has 2 saturated heterocycles.